The Kier molecular flexibility index (Phi) is 3.56. The van der Waals surface area contributed by atoms with Crippen LogP contribution in [-0.4, -0.2) is 13.1 Å². The highest BCUT2D eigenvalue weighted by Gasteiger charge is 1.93. The molecule has 4 heteroatoms. The van der Waals surface area contributed by atoms with Crippen LogP contribution in [0.2, 0.25) is 0 Å². The Morgan fingerprint density at radius 2 is 2.50 bits per heavy atom. The Hall–Kier alpha value is -0.540. The number of ether oxygens (including phenoxy) is 1. The molecule has 0 N–H and O–H groups in total. The molecule has 0 saturated heterocycles. The zero-order valence-corrected chi connectivity index (χ0v) is 9.23. The van der Waals surface area contributed by atoms with Gasteiger partial charge in [0.1, 0.15) is 0 Å². The highest BCUT2D eigenvalue weighted by atomic mass is 127. The lowest BCUT2D eigenvalue weighted by molar-refractivity contribution is -0.133. The molecular weight excluding hydrogens is 287 g/mol. The Bertz CT molecular complexity index is 345. The molecule has 1 aromatic rings. The molecule has 0 saturated carbocycles. The summed E-state index contributed by atoms with van der Waals surface area (Å²) in [6, 6.07) is 1.92. The molecule has 62 valence electrons. The molecule has 0 aliphatic carbocycles. The molecule has 0 atom stereocenters. The fourth-order valence-electron chi connectivity index (χ4n) is 0.550. The first-order valence-corrected chi connectivity index (χ1v) is 5.02. The summed E-state index contributed by atoms with van der Waals surface area (Å²) >= 11 is 3.80. The van der Waals surface area contributed by atoms with E-state index in [1.807, 2.05) is 11.4 Å². The molecule has 0 spiro atoms. The molecular formula is C8H5IO2S. The van der Waals surface area contributed by atoms with Gasteiger partial charge in [-0.2, -0.15) is 0 Å². The molecule has 1 heterocycles. The fraction of sp³-hybridized carbons (Fsp3) is 0.125. The number of esters is 1. The van der Waals surface area contributed by atoms with Crippen LogP contribution in [-0.2, 0) is 9.53 Å². The highest BCUT2D eigenvalue weighted by Crippen LogP contribution is 2.15. The minimum atomic E-state index is -0.504. The Balaban J connectivity index is 2.73. The van der Waals surface area contributed by atoms with Crippen LogP contribution in [0, 0.1) is 14.7 Å². The van der Waals surface area contributed by atoms with Gasteiger partial charge in [0.25, 0.3) is 0 Å². The topological polar surface area (TPSA) is 26.3 Å². The van der Waals surface area contributed by atoms with Gasteiger partial charge in [-0.25, -0.2) is 4.79 Å². The predicted molar refractivity (Wildman–Crippen MR) is 55.9 cm³/mol. The van der Waals surface area contributed by atoms with Gasteiger partial charge < -0.3 is 4.74 Å². The van der Waals surface area contributed by atoms with E-state index >= 15 is 0 Å². The van der Waals surface area contributed by atoms with Gasteiger partial charge in [-0.1, -0.05) is 5.92 Å². The van der Waals surface area contributed by atoms with Crippen molar-refractivity contribution in [3.8, 4) is 11.8 Å². The van der Waals surface area contributed by atoms with Crippen molar-refractivity contribution < 1.29 is 9.53 Å². The van der Waals surface area contributed by atoms with Crippen LogP contribution < -0.4 is 0 Å². The summed E-state index contributed by atoms with van der Waals surface area (Å²) in [5.74, 6) is 4.55. The van der Waals surface area contributed by atoms with E-state index in [9.17, 15) is 4.79 Å². The third kappa shape index (κ3) is 2.83. The molecule has 0 fully saturated rings. The molecule has 0 aromatic carbocycles. The molecule has 0 amide bonds. The number of methoxy groups -OCH3 is 1. The van der Waals surface area contributed by atoms with E-state index in [1.165, 1.54) is 7.11 Å². The lowest BCUT2D eigenvalue weighted by Gasteiger charge is -1.83. The maximum Gasteiger partial charge on any atom is 0.384 e. The summed E-state index contributed by atoms with van der Waals surface area (Å²) in [6.45, 7) is 0. The molecule has 1 aromatic heterocycles. The van der Waals surface area contributed by atoms with Crippen LogP contribution in [0.15, 0.2) is 11.4 Å². The summed E-state index contributed by atoms with van der Waals surface area (Å²) in [7, 11) is 1.31. The van der Waals surface area contributed by atoms with E-state index in [0.29, 0.717) is 0 Å². The van der Waals surface area contributed by atoms with Crippen molar-refractivity contribution in [2.75, 3.05) is 7.11 Å². The van der Waals surface area contributed by atoms with Crippen LogP contribution in [0.5, 0.6) is 0 Å². The summed E-state index contributed by atoms with van der Waals surface area (Å²) < 4.78 is 5.52. The fourth-order valence-corrected chi connectivity index (χ4v) is 1.83. The maximum absolute atomic E-state index is 10.6. The monoisotopic (exact) mass is 292 g/mol. The van der Waals surface area contributed by atoms with E-state index in [-0.39, 0.29) is 0 Å². The third-order valence-electron chi connectivity index (χ3n) is 1.06. The lowest BCUT2D eigenvalue weighted by atomic mass is 10.3. The van der Waals surface area contributed by atoms with Crippen molar-refractivity contribution in [2.24, 2.45) is 0 Å². The maximum atomic E-state index is 10.6. The number of hydrogen-bond acceptors (Lipinski definition) is 3. The summed E-state index contributed by atoms with van der Waals surface area (Å²) in [4.78, 5) is 10.6. The number of carbonyl (C=O) groups is 1. The van der Waals surface area contributed by atoms with Crippen LogP contribution >= 0.6 is 33.9 Å². The lowest BCUT2D eigenvalue weighted by Crippen LogP contribution is -1.94. The van der Waals surface area contributed by atoms with Crippen molar-refractivity contribution >= 4 is 39.9 Å². The second kappa shape index (κ2) is 4.48. The van der Waals surface area contributed by atoms with Gasteiger partial charge >= 0.3 is 5.97 Å². The van der Waals surface area contributed by atoms with E-state index < -0.39 is 5.97 Å². The van der Waals surface area contributed by atoms with Crippen molar-refractivity contribution in [1.29, 1.82) is 0 Å². The molecule has 1 rings (SSSR count). The summed E-state index contributed by atoms with van der Waals surface area (Å²) in [5.41, 5.74) is 0.856. The predicted octanol–water partition coefficient (Wildman–Crippen LogP) is 1.88. The van der Waals surface area contributed by atoms with E-state index in [4.69, 9.17) is 0 Å². The first-order chi connectivity index (χ1) is 5.72. The third-order valence-corrected chi connectivity index (χ3v) is 2.85. The molecule has 0 bridgehead atoms. The molecule has 0 aliphatic heterocycles. The van der Waals surface area contributed by atoms with Crippen molar-refractivity contribution in [1.82, 2.24) is 0 Å². The van der Waals surface area contributed by atoms with Crippen LogP contribution in [0.4, 0.5) is 0 Å². The standard InChI is InChI=1S/C8H5IO2S/c1-11-8(10)3-2-6-4-7(9)12-5-6/h4-5H,1H3. The van der Waals surface area contributed by atoms with Crippen molar-refractivity contribution in [2.45, 2.75) is 0 Å². The molecule has 0 radical (unpaired) electrons. The molecule has 2 nitrogen and oxygen atoms in total. The number of halogens is 1. The van der Waals surface area contributed by atoms with Crippen molar-refractivity contribution in [3.05, 3.63) is 19.9 Å². The average Bonchev–Trinajstić information content (AvgIpc) is 2.47. The minimum absolute atomic E-state index is 0.504. The highest BCUT2D eigenvalue weighted by molar-refractivity contribution is 14.1. The van der Waals surface area contributed by atoms with Gasteiger partial charge in [0.05, 0.1) is 9.99 Å². The van der Waals surface area contributed by atoms with Gasteiger partial charge in [-0.15, -0.1) is 11.3 Å². The Morgan fingerprint density at radius 3 is 3.00 bits per heavy atom. The number of rotatable bonds is 0. The average molecular weight is 292 g/mol. The zero-order valence-electron chi connectivity index (χ0n) is 6.26. The smallest absolute Gasteiger partial charge is 0.384 e. The van der Waals surface area contributed by atoms with Crippen LogP contribution in [0.3, 0.4) is 0 Å². The Labute approximate surface area is 88.1 Å². The van der Waals surface area contributed by atoms with Gasteiger partial charge in [-0.05, 0) is 28.7 Å². The zero-order chi connectivity index (χ0) is 8.97. The summed E-state index contributed by atoms with van der Waals surface area (Å²) in [6.07, 6.45) is 0. The van der Waals surface area contributed by atoms with E-state index in [0.717, 1.165) is 8.45 Å². The van der Waals surface area contributed by atoms with Crippen LogP contribution in [0.25, 0.3) is 0 Å². The summed E-state index contributed by atoms with van der Waals surface area (Å²) in [5, 5.41) is 1.90. The second-order valence-electron chi connectivity index (χ2n) is 1.88. The number of hydrogen-bond donors (Lipinski definition) is 0. The normalized spacial score (nSPS) is 8.50. The largest absolute Gasteiger partial charge is 0.459 e. The van der Waals surface area contributed by atoms with Crippen LogP contribution in [0.1, 0.15) is 5.56 Å². The quantitative estimate of drug-likeness (QED) is 0.414. The first-order valence-electron chi connectivity index (χ1n) is 3.06. The van der Waals surface area contributed by atoms with Gasteiger partial charge in [0.2, 0.25) is 0 Å². The minimum Gasteiger partial charge on any atom is -0.459 e. The SMILES string of the molecule is COC(=O)C#Cc1csc(I)c1. The molecule has 0 unspecified atom stereocenters. The van der Waals surface area contributed by atoms with Gasteiger partial charge in [0.15, 0.2) is 0 Å². The van der Waals surface area contributed by atoms with Crippen molar-refractivity contribution in [3.63, 3.8) is 0 Å². The second-order valence-corrected chi connectivity index (χ2v) is 4.69. The molecule has 0 aliphatic rings. The molecule has 12 heavy (non-hydrogen) atoms. The number of carbonyl (C=O) groups excluding carboxylic acids is 1. The van der Waals surface area contributed by atoms with Gasteiger partial charge in [0, 0.05) is 16.9 Å². The van der Waals surface area contributed by atoms with E-state index in [1.54, 1.807) is 11.3 Å². The van der Waals surface area contributed by atoms with Gasteiger partial charge in [-0.3, -0.25) is 0 Å². The first kappa shape index (κ1) is 9.55. The number of thiophene rings is 1. The van der Waals surface area contributed by atoms with E-state index in [2.05, 4.69) is 39.2 Å². The Morgan fingerprint density at radius 1 is 1.75 bits per heavy atom.